The van der Waals surface area contributed by atoms with Crippen LogP contribution in [0.1, 0.15) is 38.3 Å². The number of hydrogen-bond donors (Lipinski definition) is 1. The summed E-state index contributed by atoms with van der Waals surface area (Å²) in [5.41, 5.74) is 0.870. The number of hydrogen-bond acceptors (Lipinski definition) is 3. The number of benzene rings is 1. The van der Waals surface area contributed by atoms with Gasteiger partial charge < -0.3 is 5.11 Å². The maximum Gasteiger partial charge on any atom is 0.123 e. The summed E-state index contributed by atoms with van der Waals surface area (Å²) >= 11 is 0. The van der Waals surface area contributed by atoms with Gasteiger partial charge in [-0.1, -0.05) is 26.0 Å². The number of nitrogens with zero attached hydrogens (tertiary/aromatic N) is 2. The fraction of sp³-hybridized carbons (Fsp3) is 0.500. The summed E-state index contributed by atoms with van der Waals surface area (Å²) in [4.78, 5) is 2.16. The van der Waals surface area contributed by atoms with E-state index in [9.17, 15) is 10.4 Å². The van der Waals surface area contributed by atoms with E-state index in [2.05, 4.69) is 24.8 Å². The van der Waals surface area contributed by atoms with Gasteiger partial charge in [0.15, 0.2) is 0 Å². The van der Waals surface area contributed by atoms with Gasteiger partial charge in [0.25, 0.3) is 0 Å². The Hall–Kier alpha value is -1.53. The smallest absolute Gasteiger partial charge is 0.123 e. The normalized spacial score (nSPS) is 12.4. The van der Waals surface area contributed by atoms with Gasteiger partial charge in [-0.2, -0.15) is 5.26 Å². The van der Waals surface area contributed by atoms with Crippen LogP contribution in [0.3, 0.4) is 0 Å². The highest BCUT2D eigenvalue weighted by atomic mass is 16.3. The standard InChI is InChI=1S/C14H20N2O/c1-3-8-16(9-4-2)14(11-15)12-6-5-7-13(17)10-12/h5-7,10,14,17H,3-4,8-9H2,1-2H3. The van der Waals surface area contributed by atoms with Crippen LogP contribution in [0.25, 0.3) is 0 Å². The van der Waals surface area contributed by atoms with Gasteiger partial charge in [-0.05, 0) is 43.6 Å². The minimum absolute atomic E-state index is 0.218. The second-order valence-electron chi connectivity index (χ2n) is 4.16. The van der Waals surface area contributed by atoms with E-state index >= 15 is 0 Å². The molecule has 0 aliphatic rings. The van der Waals surface area contributed by atoms with Crippen molar-refractivity contribution in [2.24, 2.45) is 0 Å². The molecular formula is C14H20N2O. The zero-order chi connectivity index (χ0) is 12.7. The third-order valence-corrected chi connectivity index (χ3v) is 2.70. The van der Waals surface area contributed by atoms with E-state index in [0.29, 0.717) is 0 Å². The molecule has 0 saturated carbocycles. The van der Waals surface area contributed by atoms with Crippen molar-refractivity contribution in [2.75, 3.05) is 13.1 Å². The molecule has 1 unspecified atom stereocenters. The Morgan fingerprint density at radius 1 is 1.29 bits per heavy atom. The van der Waals surface area contributed by atoms with E-state index in [1.165, 1.54) is 0 Å². The first-order valence-electron chi connectivity index (χ1n) is 6.15. The fourth-order valence-electron chi connectivity index (χ4n) is 2.01. The largest absolute Gasteiger partial charge is 0.508 e. The zero-order valence-corrected chi connectivity index (χ0v) is 10.6. The van der Waals surface area contributed by atoms with Gasteiger partial charge in [0, 0.05) is 0 Å². The number of rotatable bonds is 6. The molecule has 0 aliphatic heterocycles. The Morgan fingerprint density at radius 2 is 1.94 bits per heavy atom. The van der Waals surface area contributed by atoms with Crippen LogP contribution >= 0.6 is 0 Å². The summed E-state index contributed by atoms with van der Waals surface area (Å²) in [6.07, 6.45) is 2.05. The van der Waals surface area contributed by atoms with Crippen molar-refractivity contribution in [1.29, 1.82) is 5.26 Å². The van der Waals surface area contributed by atoms with Crippen LogP contribution in [0.2, 0.25) is 0 Å². The molecule has 0 spiro atoms. The molecule has 0 radical (unpaired) electrons. The van der Waals surface area contributed by atoms with Crippen molar-refractivity contribution < 1.29 is 5.11 Å². The van der Waals surface area contributed by atoms with Crippen LogP contribution in [0.5, 0.6) is 5.75 Å². The van der Waals surface area contributed by atoms with E-state index in [0.717, 1.165) is 31.5 Å². The van der Waals surface area contributed by atoms with E-state index < -0.39 is 0 Å². The number of nitriles is 1. The molecule has 3 nitrogen and oxygen atoms in total. The maximum absolute atomic E-state index is 9.47. The van der Waals surface area contributed by atoms with Gasteiger partial charge in [-0.25, -0.2) is 0 Å². The predicted octanol–water partition coefficient (Wildman–Crippen LogP) is 3.08. The van der Waals surface area contributed by atoms with Crippen molar-refractivity contribution in [3.63, 3.8) is 0 Å². The first kappa shape index (κ1) is 13.5. The van der Waals surface area contributed by atoms with Crippen LogP contribution in [-0.2, 0) is 0 Å². The monoisotopic (exact) mass is 232 g/mol. The first-order valence-corrected chi connectivity index (χ1v) is 6.15. The molecule has 0 aliphatic carbocycles. The lowest BCUT2D eigenvalue weighted by Gasteiger charge is -2.26. The molecule has 92 valence electrons. The Balaban J connectivity index is 2.92. The van der Waals surface area contributed by atoms with E-state index in [1.807, 2.05) is 6.07 Å². The molecule has 0 heterocycles. The van der Waals surface area contributed by atoms with E-state index in [1.54, 1.807) is 18.2 Å². The molecule has 3 heteroatoms. The zero-order valence-electron chi connectivity index (χ0n) is 10.6. The molecule has 1 atom stereocenters. The Labute approximate surface area is 103 Å². The van der Waals surface area contributed by atoms with Crippen LogP contribution < -0.4 is 0 Å². The molecule has 0 bridgehead atoms. The predicted molar refractivity (Wildman–Crippen MR) is 68.6 cm³/mol. The minimum Gasteiger partial charge on any atom is -0.508 e. The van der Waals surface area contributed by atoms with Crippen molar-refractivity contribution in [3.05, 3.63) is 29.8 Å². The lowest BCUT2D eigenvalue weighted by molar-refractivity contribution is 0.236. The summed E-state index contributed by atoms with van der Waals surface area (Å²) in [6, 6.07) is 9.05. The lowest BCUT2D eigenvalue weighted by atomic mass is 10.1. The van der Waals surface area contributed by atoms with Gasteiger partial charge in [0.1, 0.15) is 11.8 Å². The number of phenolic OH excluding ortho intramolecular Hbond substituents is 1. The molecule has 1 aromatic carbocycles. The van der Waals surface area contributed by atoms with E-state index in [-0.39, 0.29) is 11.8 Å². The van der Waals surface area contributed by atoms with Crippen LogP contribution in [-0.4, -0.2) is 23.1 Å². The van der Waals surface area contributed by atoms with E-state index in [4.69, 9.17) is 0 Å². The van der Waals surface area contributed by atoms with Crippen LogP contribution in [0.15, 0.2) is 24.3 Å². The highest BCUT2D eigenvalue weighted by Gasteiger charge is 2.18. The summed E-state index contributed by atoms with van der Waals surface area (Å²) in [5, 5.41) is 18.8. The average Bonchev–Trinajstić information content (AvgIpc) is 2.31. The Kier molecular flexibility index (Phi) is 5.51. The summed E-state index contributed by atoms with van der Waals surface area (Å²) in [6.45, 7) is 6.03. The SMILES string of the molecule is CCCN(CCC)C(C#N)c1cccc(O)c1. The topological polar surface area (TPSA) is 47.3 Å². The molecular weight excluding hydrogens is 212 g/mol. The number of phenols is 1. The van der Waals surface area contributed by atoms with Crippen LogP contribution in [0, 0.1) is 11.3 Å². The lowest BCUT2D eigenvalue weighted by Crippen LogP contribution is -2.29. The summed E-state index contributed by atoms with van der Waals surface area (Å²) < 4.78 is 0. The van der Waals surface area contributed by atoms with Crippen molar-refractivity contribution in [2.45, 2.75) is 32.7 Å². The van der Waals surface area contributed by atoms with Crippen molar-refractivity contribution in [1.82, 2.24) is 4.90 Å². The number of aromatic hydroxyl groups is 1. The second kappa shape index (κ2) is 6.93. The summed E-state index contributed by atoms with van der Waals surface area (Å²) in [5.74, 6) is 0.218. The molecule has 1 rings (SSSR count). The van der Waals surface area contributed by atoms with Crippen molar-refractivity contribution >= 4 is 0 Å². The summed E-state index contributed by atoms with van der Waals surface area (Å²) in [7, 11) is 0. The molecule has 0 saturated heterocycles. The van der Waals surface area contributed by atoms with Crippen molar-refractivity contribution in [3.8, 4) is 11.8 Å². The third-order valence-electron chi connectivity index (χ3n) is 2.70. The fourth-order valence-corrected chi connectivity index (χ4v) is 2.01. The van der Waals surface area contributed by atoms with Gasteiger partial charge in [0.05, 0.1) is 6.07 Å². The highest BCUT2D eigenvalue weighted by Crippen LogP contribution is 2.23. The quantitative estimate of drug-likeness (QED) is 0.820. The highest BCUT2D eigenvalue weighted by molar-refractivity contribution is 5.32. The van der Waals surface area contributed by atoms with Gasteiger partial charge in [0.2, 0.25) is 0 Å². The molecule has 1 N–H and O–H groups in total. The molecule has 0 amide bonds. The second-order valence-corrected chi connectivity index (χ2v) is 4.16. The first-order chi connectivity index (χ1) is 8.22. The van der Waals surface area contributed by atoms with Gasteiger partial charge >= 0.3 is 0 Å². The Morgan fingerprint density at radius 3 is 2.41 bits per heavy atom. The molecule has 0 aromatic heterocycles. The molecule has 17 heavy (non-hydrogen) atoms. The maximum atomic E-state index is 9.47. The Bertz CT molecular complexity index is 378. The third kappa shape index (κ3) is 3.76. The van der Waals surface area contributed by atoms with Gasteiger partial charge in [-0.15, -0.1) is 0 Å². The van der Waals surface area contributed by atoms with Gasteiger partial charge in [-0.3, -0.25) is 4.90 Å². The molecule has 1 aromatic rings. The minimum atomic E-state index is -0.262. The molecule has 0 fully saturated rings. The average molecular weight is 232 g/mol. The van der Waals surface area contributed by atoms with Crippen LogP contribution in [0.4, 0.5) is 0 Å².